The van der Waals surface area contributed by atoms with Gasteiger partial charge in [-0.1, -0.05) is 26.2 Å². The van der Waals surface area contributed by atoms with Crippen LogP contribution in [0.3, 0.4) is 0 Å². The lowest BCUT2D eigenvalue weighted by Gasteiger charge is -2.32. The SMILES string of the molecule is CCC(NC1CCCCC1)[C@H](CNc1nc2ccc(F)cc2cc1C(=O)NC(C)N)OC. The fourth-order valence-corrected chi connectivity index (χ4v) is 4.39. The second-order valence-electron chi connectivity index (χ2n) is 8.66. The first kappa shape index (κ1) is 24.4. The predicted molar refractivity (Wildman–Crippen MR) is 126 cm³/mol. The Hall–Kier alpha value is -2.29. The maximum atomic E-state index is 13.7. The van der Waals surface area contributed by atoms with Crippen LogP contribution in [0.1, 0.15) is 62.7 Å². The maximum Gasteiger partial charge on any atom is 0.256 e. The van der Waals surface area contributed by atoms with Crippen LogP contribution in [0.15, 0.2) is 24.3 Å². The molecule has 5 N–H and O–H groups in total. The van der Waals surface area contributed by atoms with E-state index in [1.165, 1.54) is 44.2 Å². The number of ether oxygens (including phenoxy) is 1. The van der Waals surface area contributed by atoms with Crippen molar-refractivity contribution in [2.75, 3.05) is 19.0 Å². The quantitative estimate of drug-likeness (QED) is 0.418. The van der Waals surface area contributed by atoms with E-state index in [0.29, 0.717) is 34.9 Å². The number of fused-ring (bicyclic) bond motifs is 1. The minimum Gasteiger partial charge on any atom is -0.378 e. The zero-order chi connectivity index (χ0) is 23.1. The van der Waals surface area contributed by atoms with Crippen molar-refractivity contribution in [3.05, 3.63) is 35.6 Å². The molecule has 1 aliphatic rings. The highest BCUT2D eigenvalue weighted by Crippen LogP contribution is 2.23. The summed E-state index contributed by atoms with van der Waals surface area (Å²) in [6.07, 6.45) is 6.56. The molecular weight excluding hydrogens is 409 g/mol. The summed E-state index contributed by atoms with van der Waals surface area (Å²) in [4.78, 5) is 17.4. The van der Waals surface area contributed by atoms with Gasteiger partial charge in [0.15, 0.2) is 0 Å². The molecule has 1 aromatic carbocycles. The highest BCUT2D eigenvalue weighted by Gasteiger charge is 2.25. The molecule has 1 heterocycles. The molecule has 0 saturated heterocycles. The summed E-state index contributed by atoms with van der Waals surface area (Å²) >= 11 is 0. The molecule has 2 aromatic rings. The fraction of sp³-hybridized carbons (Fsp3) is 0.583. The smallest absolute Gasteiger partial charge is 0.256 e. The number of pyridine rings is 1. The number of nitrogens with zero attached hydrogens (tertiary/aromatic N) is 1. The van der Waals surface area contributed by atoms with E-state index in [9.17, 15) is 9.18 Å². The van der Waals surface area contributed by atoms with Crippen molar-refractivity contribution in [1.29, 1.82) is 0 Å². The minimum atomic E-state index is -0.519. The number of methoxy groups -OCH3 is 1. The van der Waals surface area contributed by atoms with Gasteiger partial charge in [0.05, 0.1) is 23.3 Å². The van der Waals surface area contributed by atoms with Crippen molar-refractivity contribution in [3.63, 3.8) is 0 Å². The van der Waals surface area contributed by atoms with Crippen molar-refractivity contribution in [1.82, 2.24) is 15.6 Å². The molecule has 8 heteroatoms. The molecule has 1 aromatic heterocycles. The third kappa shape index (κ3) is 6.37. The first-order chi connectivity index (χ1) is 15.4. The van der Waals surface area contributed by atoms with Crippen LogP contribution < -0.4 is 21.7 Å². The Kier molecular flexibility index (Phi) is 8.78. The molecular formula is C24H36FN5O2. The number of aromatic nitrogens is 1. The van der Waals surface area contributed by atoms with Crippen molar-refractivity contribution in [2.24, 2.45) is 5.73 Å². The minimum absolute atomic E-state index is 0.100. The fourth-order valence-electron chi connectivity index (χ4n) is 4.39. The molecule has 0 spiro atoms. The average Bonchev–Trinajstić information content (AvgIpc) is 2.78. The van der Waals surface area contributed by atoms with Crippen LogP contribution in [0, 0.1) is 5.82 Å². The molecule has 1 amide bonds. The number of hydrogen-bond acceptors (Lipinski definition) is 6. The Bertz CT molecular complexity index is 901. The van der Waals surface area contributed by atoms with Crippen LogP contribution >= 0.6 is 0 Å². The van der Waals surface area contributed by atoms with Crippen molar-refractivity contribution in [2.45, 2.75) is 76.7 Å². The van der Waals surface area contributed by atoms with Gasteiger partial charge >= 0.3 is 0 Å². The number of halogens is 1. The predicted octanol–water partition coefficient (Wildman–Crippen LogP) is 3.54. The van der Waals surface area contributed by atoms with Gasteiger partial charge in [-0.3, -0.25) is 4.79 Å². The third-order valence-corrected chi connectivity index (χ3v) is 6.10. The summed E-state index contributed by atoms with van der Waals surface area (Å²) in [5.41, 5.74) is 6.67. The Balaban J connectivity index is 1.80. The molecule has 1 fully saturated rings. The standard InChI is InChI=1S/C24H36FN5O2/c1-4-20(29-18-8-6-5-7-9-18)22(32-3)14-27-23-19(24(31)28-15(2)26)13-16-12-17(25)10-11-21(16)30-23/h10-13,15,18,20,22,29H,4-9,14,26H2,1-3H3,(H,27,30)(H,28,31)/t15?,20?,22-/m0/s1. The molecule has 3 atom stereocenters. The number of carbonyl (C=O) groups excluding carboxylic acids is 1. The highest BCUT2D eigenvalue weighted by molar-refractivity contribution is 6.02. The van der Waals surface area contributed by atoms with Gasteiger partial charge in [-0.2, -0.15) is 0 Å². The monoisotopic (exact) mass is 445 g/mol. The van der Waals surface area contributed by atoms with Gasteiger partial charge < -0.3 is 26.4 Å². The molecule has 0 bridgehead atoms. The zero-order valence-corrected chi connectivity index (χ0v) is 19.3. The third-order valence-electron chi connectivity index (χ3n) is 6.10. The van der Waals surface area contributed by atoms with Gasteiger partial charge in [0.1, 0.15) is 11.6 Å². The summed E-state index contributed by atoms with van der Waals surface area (Å²) in [7, 11) is 1.71. The first-order valence-corrected chi connectivity index (χ1v) is 11.6. The van der Waals surface area contributed by atoms with E-state index in [0.717, 1.165) is 6.42 Å². The van der Waals surface area contributed by atoms with E-state index in [-0.39, 0.29) is 23.9 Å². The van der Waals surface area contributed by atoms with Gasteiger partial charge in [-0.05, 0) is 50.5 Å². The van der Waals surface area contributed by atoms with Crippen LogP contribution in [-0.4, -0.2) is 48.9 Å². The molecule has 0 radical (unpaired) electrons. The van der Waals surface area contributed by atoms with Gasteiger partial charge in [0, 0.05) is 31.1 Å². The highest BCUT2D eigenvalue weighted by atomic mass is 19.1. The van der Waals surface area contributed by atoms with Crippen LogP contribution in [-0.2, 0) is 4.74 Å². The number of benzene rings is 1. The number of nitrogens with one attached hydrogen (secondary N) is 3. The lowest BCUT2D eigenvalue weighted by Crippen LogP contribution is -2.49. The molecule has 0 aliphatic heterocycles. The van der Waals surface area contributed by atoms with E-state index in [1.807, 2.05) is 0 Å². The van der Waals surface area contributed by atoms with E-state index in [4.69, 9.17) is 10.5 Å². The number of amides is 1. The summed E-state index contributed by atoms with van der Waals surface area (Å²) in [6.45, 7) is 4.31. The number of anilines is 1. The average molecular weight is 446 g/mol. The van der Waals surface area contributed by atoms with E-state index >= 15 is 0 Å². The molecule has 2 unspecified atom stereocenters. The number of hydrogen-bond donors (Lipinski definition) is 4. The van der Waals surface area contributed by atoms with Crippen molar-refractivity contribution in [3.8, 4) is 0 Å². The van der Waals surface area contributed by atoms with Gasteiger partial charge in [-0.25, -0.2) is 9.37 Å². The van der Waals surface area contributed by atoms with Crippen molar-refractivity contribution < 1.29 is 13.9 Å². The van der Waals surface area contributed by atoms with Crippen LogP contribution in [0.4, 0.5) is 10.2 Å². The van der Waals surface area contributed by atoms with Crippen LogP contribution in [0.2, 0.25) is 0 Å². The van der Waals surface area contributed by atoms with E-state index < -0.39 is 6.17 Å². The Morgan fingerprint density at radius 2 is 2.03 bits per heavy atom. The van der Waals surface area contributed by atoms with Crippen molar-refractivity contribution >= 4 is 22.6 Å². The molecule has 7 nitrogen and oxygen atoms in total. The van der Waals surface area contributed by atoms with Crippen LogP contribution in [0.25, 0.3) is 10.9 Å². The van der Waals surface area contributed by atoms with E-state index in [2.05, 4.69) is 27.9 Å². The Labute approximate surface area is 189 Å². The number of carbonyl (C=O) groups is 1. The Morgan fingerprint density at radius 1 is 1.28 bits per heavy atom. The topological polar surface area (TPSA) is 101 Å². The Morgan fingerprint density at radius 3 is 2.69 bits per heavy atom. The zero-order valence-electron chi connectivity index (χ0n) is 19.3. The normalized spacial score (nSPS) is 17.7. The molecule has 1 saturated carbocycles. The molecule has 3 rings (SSSR count). The number of nitrogens with two attached hydrogens (primary N) is 1. The van der Waals surface area contributed by atoms with Crippen LogP contribution in [0.5, 0.6) is 0 Å². The second kappa shape index (κ2) is 11.5. The molecule has 32 heavy (non-hydrogen) atoms. The second-order valence-corrected chi connectivity index (χ2v) is 8.66. The van der Waals surface area contributed by atoms with Gasteiger partial charge in [0.25, 0.3) is 5.91 Å². The van der Waals surface area contributed by atoms with E-state index in [1.54, 1.807) is 26.2 Å². The number of rotatable bonds is 10. The van der Waals surface area contributed by atoms with Gasteiger partial charge in [0.2, 0.25) is 0 Å². The largest absolute Gasteiger partial charge is 0.378 e. The summed E-state index contributed by atoms with van der Waals surface area (Å²) in [5, 5.41) is 10.3. The lowest BCUT2D eigenvalue weighted by atomic mass is 9.94. The first-order valence-electron chi connectivity index (χ1n) is 11.6. The molecule has 1 aliphatic carbocycles. The summed E-state index contributed by atoms with van der Waals surface area (Å²) < 4.78 is 19.5. The summed E-state index contributed by atoms with van der Waals surface area (Å²) in [5.74, 6) is -0.308. The summed E-state index contributed by atoms with van der Waals surface area (Å²) in [6, 6.07) is 6.69. The van der Waals surface area contributed by atoms with Gasteiger partial charge in [-0.15, -0.1) is 0 Å². The lowest BCUT2D eigenvalue weighted by molar-refractivity contribution is 0.0698. The molecule has 176 valence electrons. The maximum absolute atomic E-state index is 13.7.